The summed E-state index contributed by atoms with van der Waals surface area (Å²) in [5, 5.41) is 5.19. The Morgan fingerprint density at radius 3 is 2.38 bits per heavy atom. The Hall–Kier alpha value is -3.65. The van der Waals surface area contributed by atoms with Crippen molar-refractivity contribution in [2.75, 3.05) is 21.3 Å². The number of carbonyl (C=O) groups excluding carboxylic acids is 3. The van der Waals surface area contributed by atoms with Gasteiger partial charge in [-0.05, 0) is 17.7 Å². The van der Waals surface area contributed by atoms with E-state index in [1.165, 1.54) is 21.3 Å². The molecule has 0 aliphatic carbocycles. The lowest BCUT2D eigenvalue weighted by Crippen LogP contribution is -2.35. The van der Waals surface area contributed by atoms with E-state index >= 15 is 0 Å². The Morgan fingerprint density at radius 2 is 1.72 bits per heavy atom. The van der Waals surface area contributed by atoms with E-state index in [-0.39, 0.29) is 17.2 Å². The number of hydrazone groups is 1. The van der Waals surface area contributed by atoms with Crippen molar-refractivity contribution in [3.63, 3.8) is 0 Å². The highest BCUT2D eigenvalue weighted by Gasteiger charge is 2.48. The summed E-state index contributed by atoms with van der Waals surface area (Å²) in [7, 11) is 4.51. The molecule has 32 heavy (non-hydrogen) atoms. The summed E-state index contributed by atoms with van der Waals surface area (Å²) < 4.78 is 10.6. The van der Waals surface area contributed by atoms with Crippen LogP contribution in [0.2, 0.25) is 0 Å². The maximum atomic E-state index is 13.3. The molecule has 8 nitrogen and oxygen atoms in total. The Kier molecular flexibility index (Phi) is 5.71. The van der Waals surface area contributed by atoms with Crippen molar-refractivity contribution in [3.8, 4) is 11.5 Å². The lowest BCUT2D eigenvalue weighted by molar-refractivity contribution is -0.139. The molecule has 164 valence electrons. The number of methoxy groups -OCH3 is 2. The quantitative estimate of drug-likeness (QED) is 0.627. The summed E-state index contributed by atoms with van der Waals surface area (Å²) in [6.07, 6.45) is 0. The van der Waals surface area contributed by atoms with Gasteiger partial charge in [0.2, 0.25) is 0 Å². The minimum atomic E-state index is -1.06. The Balaban J connectivity index is 1.68. The molecular formula is C23H20ClN3O5. The molecule has 2 aromatic rings. The summed E-state index contributed by atoms with van der Waals surface area (Å²) in [4.78, 5) is 40.2. The zero-order valence-corrected chi connectivity index (χ0v) is 18.4. The number of hydrogen-bond donors (Lipinski definition) is 0. The van der Waals surface area contributed by atoms with Crippen molar-refractivity contribution in [2.45, 2.75) is 6.54 Å². The maximum Gasteiger partial charge on any atom is 0.273 e. The standard InChI is InChI=1S/C23H20ClN3O5/c1-26-21(28)18(20(25-26)13-7-5-4-6-8-13)17-19(24)23(30)27(22(17)29)12-14-9-10-15(31-2)11-16(14)32-3/h4-11,18H,12H2,1-3H3. The molecule has 1 unspecified atom stereocenters. The average Bonchev–Trinajstić information content (AvgIpc) is 3.21. The highest BCUT2D eigenvalue weighted by Crippen LogP contribution is 2.37. The van der Waals surface area contributed by atoms with Gasteiger partial charge >= 0.3 is 0 Å². The molecule has 4 rings (SSSR count). The van der Waals surface area contributed by atoms with Crippen LogP contribution >= 0.6 is 11.6 Å². The van der Waals surface area contributed by atoms with E-state index in [0.29, 0.717) is 28.3 Å². The van der Waals surface area contributed by atoms with Gasteiger partial charge < -0.3 is 9.47 Å². The van der Waals surface area contributed by atoms with Crippen molar-refractivity contribution in [2.24, 2.45) is 11.0 Å². The van der Waals surface area contributed by atoms with Crippen LogP contribution in [0.3, 0.4) is 0 Å². The minimum absolute atomic E-state index is 0.0684. The van der Waals surface area contributed by atoms with Crippen molar-refractivity contribution in [1.29, 1.82) is 0 Å². The first-order valence-electron chi connectivity index (χ1n) is 9.75. The second kappa shape index (κ2) is 8.47. The molecule has 9 heteroatoms. The van der Waals surface area contributed by atoms with E-state index in [9.17, 15) is 14.4 Å². The van der Waals surface area contributed by atoms with Gasteiger partial charge in [0.05, 0.1) is 32.0 Å². The van der Waals surface area contributed by atoms with E-state index in [4.69, 9.17) is 21.1 Å². The number of nitrogens with zero attached hydrogens (tertiary/aromatic N) is 3. The third-order valence-electron chi connectivity index (χ3n) is 5.42. The van der Waals surface area contributed by atoms with Crippen molar-refractivity contribution in [3.05, 3.63) is 70.3 Å². The van der Waals surface area contributed by atoms with Crippen molar-refractivity contribution in [1.82, 2.24) is 9.91 Å². The summed E-state index contributed by atoms with van der Waals surface area (Å²) in [6, 6.07) is 14.1. The first-order valence-corrected chi connectivity index (χ1v) is 10.1. The van der Waals surface area contributed by atoms with Crippen LogP contribution in [0.25, 0.3) is 0 Å². The highest BCUT2D eigenvalue weighted by molar-refractivity contribution is 6.49. The van der Waals surface area contributed by atoms with Crippen LogP contribution in [-0.4, -0.2) is 54.6 Å². The molecule has 1 atom stereocenters. The van der Waals surface area contributed by atoms with E-state index < -0.39 is 23.6 Å². The van der Waals surface area contributed by atoms with E-state index in [1.54, 1.807) is 42.5 Å². The maximum absolute atomic E-state index is 13.3. The normalized spacial score (nSPS) is 18.6. The van der Waals surface area contributed by atoms with Crippen molar-refractivity contribution >= 4 is 35.0 Å². The van der Waals surface area contributed by atoms with Gasteiger partial charge in [-0.1, -0.05) is 41.9 Å². The summed E-state index contributed by atoms with van der Waals surface area (Å²) in [6.45, 7) is -0.0703. The Bertz CT molecular complexity index is 1180. The molecule has 2 aliphatic rings. The van der Waals surface area contributed by atoms with E-state index in [1.807, 2.05) is 6.07 Å². The van der Waals surface area contributed by atoms with Gasteiger partial charge in [0.25, 0.3) is 17.7 Å². The van der Waals surface area contributed by atoms with Gasteiger partial charge in [-0.2, -0.15) is 5.10 Å². The molecule has 0 radical (unpaired) electrons. The van der Waals surface area contributed by atoms with Crippen molar-refractivity contribution < 1.29 is 23.9 Å². The second-order valence-corrected chi connectivity index (χ2v) is 7.63. The molecule has 2 aromatic carbocycles. The summed E-state index contributed by atoms with van der Waals surface area (Å²) >= 11 is 6.34. The van der Waals surface area contributed by atoms with Gasteiger partial charge in [0.1, 0.15) is 22.4 Å². The predicted molar refractivity (Wildman–Crippen MR) is 117 cm³/mol. The van der Waals surface area contributed by atoms with Crippen LogP contribution in [0.15, 0.2) is 64.2 Å². The highest BCUT2D eigenvalue weighted by atomic mass is 35.5. The lowest BCUT2D eigenvalue weighted by Gasteiger charge is -2.18. The third kappa shape index (κ3) is 3.52. The smallest absolute Gasteiger partial charge is 0.273 e. The minimum Gasteiger partial charge on any atom is -0.497 e. The summed E-state index contributed by atoms with van der Waals surface area (Å²) in [5.74, 6) is -1.76. The number of benzene rings is 2. The Labute approximate surface area is 189 Å². The number of halogens is 1. The van der Waals surface area contributed by atoms with E-state index in [0.717, 1.165) is 9.91 Å². The fraction of sp³-hybridized carbons (Fsp3) is 0.217. The van der Waals surface area contributed by atoms with Gasteiger partial charge in [-0.25, -0.2) is 5.01 Å². The lowest BCUT2D eigenvalue weighted by atomic mass is 9.89. The number of carbonyl (C=O) groups is 3. The van der Waals surface area contributed by atoms with Gasteiger partial charge in [-0.15, -0.1) is 0 Å². The molecule has 0 saturated heterocycles. The van der Waals surface area contributed by atoms with Crippen LogP contribution in [0.5, 0.6) is 11.5 Å². The third-order valence-corrected chi connectivity index (χ3v) is 5.79. The van der Waals surface area contributed by atoms with Gasteiger partial charge in [0, 0.05) is 18.7 Å². The van der Waals surface area contributed by atoms with Crippen LogP contribution < -0.4 is 9.47 Å². The molecule has 0 N–H and O–H groups in total. The fourth-order valence-corrected chi connectivity index (χ4v) is 4.07. The zero-order valence-electron chi connectivity index (χ0n) is 17.7. The van der Waals surface area contributed by atoms with Crippen LogP contribution in [0.1, 0.15) is 11.1 Å². The van der Waals surface area contributed by atoms with Crippen LogP contribution in [0.4, 0.5) is 0 Å². The van der Waals surface area contributed by atoms with E-state index in [2.05, 4.69) is 5.10 Å². The van der Waals surface area contributed by atoms with Gasteiger partial charge in [0.15, 0.2) is 0 Å². The molecule has 0 aromatic heterocycles. The fourth-order valence-electron chi connectivity index (χ4n) is 3.78. The zero-order chi connectivity index (χ0) is 23.0. The number of amides is 3. The number of rotatable bonds is 6. The molecule has 2 aliphatic heterocycles. The molecule has 0 spiro atoms. The molecular weight excluding hydrogens is 434 g/mol. The number of hydrogen-bond acceptors (Lipinski definition) is 6. The molecule has 3 amide bonds. The average molecular weight is 454 g/mol. The van der Waals surface area contributed by atoms with Crippen LogP contribution in [-0.2, 0) is 20.9 Å². The number of ether oxygens (including phenoxy) is 2. The molecule has 0 fully saturated rings. The first-order chi connectivity index (χ1) is 15.4. The largest absolute Gasteiger partial charge is 0.497 e. The summed E-state index contributed by atoms with van der Waals surface area (Å²) in [5.41, 5.74) is 1.56. The first kappa shape index (κ1) is 21.6. The Morgan fingerprint density at radius 1 is 1.00 bits per heavy atom. The number of imide groups is 1. The second-order valence-electron chi connectivity index (χ2n) is 7.25. The van der Waals surface area contributed by atoms with Gasteiger partial charge in [-0.3, -0.25) is 19.3 Å². The predicted octanol–water partition coefficient (Wildman–Crippen LogP) is 2.56. The SMILES string of the molecule is COc1ccc(CN2C(=O)C(Cl)=C(C3C(=O)N(C)N=C3c3ccccc3)C2=O)c(OC)c1. The topological polar surface area (TPSA) is 88.5 Å². The molecule has 0 saturated carbocycles. The molecule has 0 bridgehead atoms. The monoisotopic (exact) mass is 453 g/mol. The van der Waals surface area contributed by atoms with Crippen LogP contribution in [0, 0.1) is 5.92 Å². The molecule has 2 heterocycles.